The number of aromatic nitrogens is 4. The number of benzene rings is 1. The number of carbonyl (C=O) groups excluding carboxylic acids is 1. The molecule has 3 heterocycles. The molecule has 0 saturated carbocycles. The second-order valence-electron chi connectivity index (χ2n) is 8.83. The van der Waals surface area contributed by atoms with Crippen molar-refractivity contribution in [2.45, 2.75) is 38.1 Å². The predicted octanol–water partition coefficient (Wildman–Crippen LogP) is 3.55. The molecule has 1 amide bonds. The summed E-state index contributed by atoms with van der Waals surface area (Å²) in [5.41, 5.74) is 2.30. The molecular formula is C24H25N5O4S. The maximum absolute atomic E-state index is 13.1. The minimum Gasteiger partial charge on any atom is -0.494 e. The Morgan fingerprint density at radius 3 is 2.44 bits per heavy atom. The Kier molecular flexibility index (Phi) is 5.86. The summed E-state index contributed by atoms with van der Waals surface area (Å²) < 4.78 is 35.1. The van der Waals surface area contributed by atoms with Gasteiger partial charge in [0, 0.05) is 22.7 Å². The molecule has 0 fully saturated rings. The van der Waals surface area contributed by atoms with Gasteiger partial charge in [-0.3, -0.25) is 4.79 Å². The Morgan fingerprint density at radius 2 is 1.79 bits per heavy atom. The van der Waals surface area contributed by atoms with Gasteiger partial charge in [-0.25, -0.2) is 19.4 Å². The molecule has 0 saturated heterocycles. The first-order valence-electron chi connectivity index (χ1n) is 10.5. The summed E-state index contributed by atoms with van der Waals surface area (Å²) in [4.78, 5) is 21.5. The molecule has 0 spiro atoms. The van der Waals surface area contributed by atoms with Gasteiger partial charge in [0.1, 0.15) is 5.69 Å². The Hall–Kier alpha value is -3.79. The molecule has 34 heavy (non-hydrogen) atoms. The van der Waals surface area contributed by atoms with Gasteiger partial charge in [-0.1, -0.05) is 26.8 Å². The second-order valence-corrected chi connectivity index (χ2v) is 10.4. The van der Waals surface area contributed by atoms with Crippen molar-refractivity contribution in [1.29, 1.82) is 0 Å². The first-order valence-corrected chi connectivity index (χ1v) is 12.0. The molecule has 0 aliphatic heterocycles. The molecule has 4 rings (SSSR count). The van der Waals surface area contributed by atoms with Crippen LogP contribution in [-0.4, -0.2) is 41.2 Å². The smallest absolute Gasteiger partial charge is 0.285 e. The van der Waals surface area contributed by atoms with E-state index in [4.69, 9.17) is 4.74 Å². The number of aryl methyl sites for hydroxylation is 1. The maximum Gasteiger partial charge on any atom is 0.285 e. The van der Waals surface area contributed by atoms with Crippen molar-refractivity contribution in [1.82, 2.24) is 24.5 Å². The summed E-state index contributed by atoms with van der Waals surface area (Å²) in [6.45, 7) is 7.63. The van der Waals surface area contributed by atoms with E-state index in [2.05, 4.69) is 19.8 Å². The lowest BCUT2D eigenvalue weighted by atomic mass is 9.92. The van der Waals surface area contributed by atoms with Crippen molar-refractivity contribution < 1.29 is 17.9 Å². The second kappa shape index (κ2) is 8.53. The average Bonchev–Trinajstić information content (AvgIpc) is 3.23. The molecule has 9 nitrogen and oxygen atoms in total. The van der Waals surface area contributed by atoms with E-state index >= 15 is 0 Å². The highest BCUT2D eigenvalue weighted by Crippen LogP contribution is 2.28. The third-order valence-electron chi connectivity index (χ3n) is 5.21. The zero-order valence-corrected chi connectivity index (χ0v) is 20.3. The lowest BCUT2D eigenvalue weighted by Crippen LogP contribution is -2.32. The number of hydrogen-bond donors (Lipinski definition) is 1. The van der Waals surface area contributed by atoms with E-state index in [9.17, 15) is 13.2 Å². The standard InChI is InChI=1S/C24H25N5O4S/c1-15-13-14-29(27-15)19-8-6-7-17-16(19)9-10-18(25-17)22(30)28-34(31,32)23-20(33-5)11-12-21(26-23)24(2,3)4/h6-14H,1-5H3,(H,28,30). The Bertz CT molecular complexity index is 1500. The minimum atomic E-state index is -4.32. The normalized spacial score (nSPS) is 12.0. The van der Waals surface area contributed by atoms with E-state index in [0.717, 1.165) is 16.8 Å². The van der Waals surface area contributed by atoms with Gasteiger partial charge in [0.2, 0.25) is 5.03 Å². The van der Waals surface area contributed by atoms with Crippen LogP contribution in [0.1, 0.15) is 42.6 Å². The number of methoxy groups -OCH3 is 1. The van der Waals surface area contributed by atoms with Crippen LogP contribution in [-0.2, 0) is 15.4 Å². The molecule has 0 aliphatic carbocycles. The number of nitrogens with one attached hydrogen (secondary N) is 1. The fourth-order valence-corrected chi connectivity index (χ4v) is 4.51. The van der Waals surface area contributed by atoms with E-state index < -0.39 is 21.3 Å². The van der Waals surface area contributed by atoms with Gasteiger partial charge >= 0.3 is 0 Å². The van der Waals surface area contributed by atoms with Crippen LogP contribution in [0.25, 0.3) is 16.6 Å². The molecule has 176 valence electrons. The summed E-state index contributed by atoms with van der Waals surface area (Å²) in [6.07, 6.45) is 1.84. The van der Waals surface area contributed by atoms with Crippen molar-refractivity contribution in [2.24, 2.45) is 0 Å². The van der Waals surface area contributed by atoms with Gasteiger partial charge in [0.25, 0.3) is 15.9 Å². The number of ether oxygens (including phenoxy) is 1. The van der Waals surface area contributed by atoms with Crippen molar-refractivity contribution in [3.8, 4) is 11.4 Å². The monoisotopic (exact) mass is 479 g/mol. The largest absolute Gasteiger partial charge is 0.494 e. The Morgan fingerprint density at radius 1 is 1.03 bits per heavy atom. The fraction of sp³-hybridized carbons (Fsp3) is 0.250. The molecule has 1 N–H and O–H groups in total. The van der Waals surface area contributed by atoms with Crippen LogP contribution in [0.2, 0.25) is 0 Å². The maximum atomic E-state index is 13.1. The highest BCUT2D eigenvalue weighted by atomic mass is 32.2. The third-order valence-corrected chi connectivity index (χ3v) is 6.46. The van der Waals surface area contributed by atoms with Crippen molar-refractivity contribution >= 4 is 26.8 Å². The number of fused-ring (bicyclic) bond motifs is 1. The van der Waals surface area contributed by atoms with E-state index in [-0.39, 0.29) is 16.5 Å². The first kappa shape index (κ1) is 23.4. The molecule has 0 aliphatic rings. The highest BCUT2D eigenvalue weighted by molar-refractivity contribution is 7.90. The molecule has 0 radical (unpaired) electrons. The number of nitrogens with zero attached hydrogens (tertiary/aromatic N) is 4. The van der Waals surface area contributed by atoms with Gasteiger partial charge in [-0.05, 0) is 49.4 Å². The molecule has 1 aromatic carbocycles. The molecule has 10 heteroatoms. The molecule has 0 bridgehead atoms. The fourth-order valence-electron chi connectivity index (χ4n) is 3.43. The summed E-state index contributed by atoms with van der Waals surface area (Å²) in [5, 5.41) is 4.84. The SMILES string of the molecule is COc1ccc(C(C)(C)C)nc1S(=O)(=O)NC(=O)c1ccc2c(-n3ccc(C)n3)cccc2n1. The minimum absolute atomic E-state index is 0.0407. The van der Waals surface area contributed by atoms with Crippen molar-refractivity contribution in [3.63, 3.8) is 0 Å². The summed E-state index contributed by atoms with van der Waals surface area (Å²) in [6, 6.07) is 13.7. The third kappa shape index (κ3) is 4.49. The summed E-state index contributed by atoms with van der Waals surface area (Å²) in [7, 11) is -2.98. The van der Waals surface area contributed by atoms with Crippen LogP contribution >= 0.6 is 0 Å². The highest BCUT2D eigenvalue weighted by Gasteiger charge is 2.28. The number of amides is 1. The van der Waals surface area contributed by atoms with E-state index in [1.54, 1.807) is 28.9 Å². The van der Waals surface area contributed by atoms with Crippen LogP contribution in [0.4, 0.5) is 0 Å². The summed E-state index contributed by atoms with van der Waals surface area (Å²) in [5.74, 6) is -0.828. The molecule has 0 atom stereocenters. The average molecular weight is 480 g/mol. The number of carbonyl (C=O) groups is 1. The van der Waals surface area contributed by atoms with Crippen LogP contribution in [0, 0.1) is 6.92 Å². The molecule has 0 unspecified atom stereocenters. The zero-order chi connectivity index (χ0) is 24.7. The number of rotatable bonds is 5. The number of hydrogen-bond acceptors (Lipinski definition) is 7. The lowest BCUT2D eigenvalue weighted by molar-refractivity contribution is 0.0977. The van der Waals surface area contributed by atoms with E-state index in [1.807, 2.05) is 46.0 Å². The topological polar surface area (TPSA) is 116 Å². The first-order chi connectivity index (χ1) is 16.0. The zero-order valence-electron chi connectivity index (χ0n) is 19.5. The van der Waals surface area contributed by atoms with Crippen LogP contribution in [0.5, 0.6) is 5.75 Å². The predicted molar refractivity (Wildman–Crippen MR) is 128 cm³/mol. The van der Waals surface area contributed by atoms with Crippen LogP contribution < -0.4 is 9.46 Å². The van der Waals surface area contributed by atoms with Gasteiger partial charge in [-0.2, -0.15) is 13.5 Å². The quantitative estimate of drug-likeness (QED) is 0.465. The lowest BCUT2D eigenvalue weighted by Gasteiger charge is -2.19. The van der Waals surface area contributed by atoms with Crippen LogP contribution in [0.3, 0.4) is 0 Å². The summed E-state index contributed by atoms with van der Waals surface area (Å²) >= 11 is 0. The van der Waals surface area contributed by atoms with Crippen molar-refractivity contribution in [2.75, 3.05) is 7.11 Å². The number of pyridine rings is 2. The van der Waals surface area contributed by atoms with Gasteiger partial charge in [0.05, 0.1) is 24.0 Å². The van der Waals surface area contributed by atoms with Crippen LogP contribution in [0.15, 0.2) is 59.8 Å². The number of sulfonamides is 1. The molecule has 3 aromatic heterocycles. The molecule has 4 aromatic rings. The van der Waals surface area contributed by atoms with Crippen molar-refractivity contribution in [3.05, 3.63) is 71.8 Å². The van der Waals surface area contributed by atoms with Gasteiger partial charge in [0.15, 0.2) is 5.75 Å². The molecular weight excluding hydrogens is 454 g/mol. The Balaban J connectivity index is 1.68. The Labute approximate surface area is 197 Å². The van der Waals surface area contributed by atoms with Gasteiger partial charge in [-0.15, -0.1) is 0 Å². The van der Waals surface area contributed by atoms with E-state index in [1.165, 1.54) is 19.2 Å². The van der Waals surface area contributed by atoms with Gasteiger partial charge < -0.3 is 4.74 Å². The van der Waals surface area contributed by atoms with E-state index in [0.29, 0.717) is 11.2 Å².